The average molecular weight is 260 g/mol. The highest BCUT2D eigenvalue weighted by Crippen LogP contribution is 2.29. The molecule has 1 heterocycles. The number of aromatic nitrogens is 1. The van der Waals surface area contributed by atoms with Gasteiger partial charge in [0.15, 0.2) is 5.82 Å². The van der Waals surface area contributed by atoms with E-state index in [-0.39, 0.29) is 9.50 Å². The van der Waals surface area contributed by atoms with Gasteiger partial charge in [-0.15, -0.1) is 0 Å². The number of nitrogens with zero attached hydrogens (tertiary/aromatic N) is 1. The summed E-state index contributed by atoms with van der Waals surface area (Å²) < 4.78 is 36.9. The number of alkyl halides is 2. The van der Waals surface area contributed by atoms with Gasteiger partial charge in [-0.05, 0) is 15.9 Å². The Kier molecular flexibility index (Phi) is 2.95. The van der Waals surface area contributed by atoms with E-state index < -0.39 is 17.9 Å². The second-order valence-electron chi connectivity index (χ2n) is 1.92. The molecule has 0 unspecified atom stereocenters. The molecule has 1 nitrogen and oxygen atoms in total. The first-order chi connectivity index (χ1) is 5.54. The van der Waals surface area contributed by atoms with Crippen molar-refractivity contribution in [2.24, 2.45) is 0 Å². The van der Waals surface area contributed by atoms with Crippen molar-refractivity contribution >= 4 is 27.5 Å². The molecule has 0 spiro atoms. The third kappa shape index (κ3) is 1.72. The van der Waals surface area contributed by atoms with E-state index in [1.165, 1.54) is 0 Å². The molecule has 0 amide bonds. The van der Waals surface area contributed by atoms with Crippen molar-refractivity contribution < 1.29 is 13.2 Å². The molecule has 0 saturated heterocycles. The lowest BCUT2D eigenvalue weighted by molar-refractivity contribution is 0.140. The third-order valence-electron chi connectivity index (χ3n) is 1.15. The summed E-state index contributed by atoms with van der Waals surface area (Å²) in [6.45, 7) is 0. The largest absolute Gasteiger partial charge is 0.283 e. The van der Waals surface area contributed by atoms with E-state index in [1.807, 2.05) is 0 Å². The Balaban J connectivity index is 3.27. The average Bonchev–Trinajstić information content (AvgIpc) is 2.00. The second kappa shape index (κ2) is 3.62. The predicted molar refractivity (Wildman–Crippen MR) is 41.9 cm³/mol. The molecule has 0 atom stereocenters. The van der Waals surface area contributed by atoms with E-state index in [4.69, 9.17) is 11.6 Å². The summed E-state index contributed by atoms with van der Waals surface area (Å²) in [4.78, 5) is 3.18. The maximum Gasteiger partial charge on any atom is 0.283 e. The normalized spacial score (nSPS) is 10.8. The molecule has 0 aliphatic carbocycles. The zero-order chi connectivity index (χ0) is 9.30. The molecule has 1 rings (SSSR count). The van der Waals surface area contributed by atoms with Crippen LogP contribution in [0.25, 0.3) is 0 Å². The molecule has 66 valence electrons. The molecule has 0 N–H and O–H groups in total. The molecule has 0 saturated carbocycles. The number of hydrogen-bond acceptors (Lipinski definition) is 1. The van der Waals surface area contributed by atoms with Crippen LogP contribution in [0.15, 0.2) is 10.7 Å². The molecule has 1 aromatic heterocycles. The molecule has 0 fully saturated rings. The van der Waals surface area contributed by atoms with E-state index in [1.54, 1.807) is 0 Å². The first kappa shape index (κ1) is 9.80. The molecule has 0 aliphatic rings. The summed E-state index contributed by atoms with van der Waals surface area (Å²) in [6.07, 6.45) is -1.91. The van der Waals surface area contributed by atoms with Gasteiger partial charge in [0.2, 0.25) is 0 Å². The Morgan fingerprint density at radius 2 is 2.08 bits per heavy atom. The quantitative estimate of drug-likeness (QED) is 0.752. The van der Waals surface area contributed by atoms with Gasteiger partial charge in [0.25, 0.3) is 6.43 Å². The van der Waals surface area contributed by atoms with Gasteiger partial charge >= 0.3 is 0 Å². The van der Waals surface area contributed by atoms with Gasteiger partial charge in [0, 0.05) is 6.20 Å². The Morgan fingerprint density at radius 3 is 2.58 bits per heavy atom. The highest BCUT2D eigenvalue weighted by Gasteiger charge is 2.19. The van der Waals surface area contributed by atoms with Crippen molar-refractivity contribution in [3.63, 3.8) is 0 Å². The molecule has 12 heavy (non-hydrogen) atoms. The molecule has 0 radical (unpaired) electrons. The summed E-state index contributed by atoms with van der Waals surface area (Å²) in [5, 5.41) is -0.375. The fourth-order valence-corrected chi connectivity index (χ4v) is 1.03. The van der Waals surface area contributed by atoms with Crippen molar-refractivity contribution in [3.05, 3.63) is 27.2 Å². The van der Waals surface area contributed by atoms with Crippen LogP contribution in [0.2, 0.25) is 5.02 Å². The first-order valence-corrected chi connectivity index (χ1v) is 3.98. The van der Waals surface area contributed by atoms with Crippen LogP contribution < -0.4 is 0 Å². The standard InChI is InChI=1S/C6H2BrClF3N/c7-2-1-12-5(6(10)11)4(9)3(2)8/h1,6H. The van der Waals surface area contributed by atoms with Crippen molar-refractivity contribution in [2.45, 2.75) is 6.43 Å². The number of hydrogen-bond donors (Lipinski definition) is 0. The van der Waals surface area contributed by atoms with Crippen LogP contribution in [0.5, 0.6) is 0 Å². The van der Waals surface area contributed by atoms with E-state index in [0.717, 1.165) is 6.20 Å². The van der Waals surface area contributed by atoms with Gasteiger partial charge in [-0.3, -0.25) is 4.98 Å². The minimum atomic E-state index is -2.95. The molecule has 1 aromatic rings. The topological polar surface area (TPSA) is 12.9 Å². The summed E-state index contributed by atoms with van der Waals surface area (Å²) in [5.74, 6) is -1.18. The van der Waals surface area contributed by atoms with E-state index >= 15 is 0 Å². The van der Waals surface area contributed by atoms with Crippen LogP contribution in [-0.2, 0) is 0 Å². The van der Waals surface area contributed by atoms with Crippen LogP contribution in [0.4, 0.5) is 13.2 Å². The number of halogens is 5. The fourth-order valence-electron chi connectivity index (χ4n) is 0.609. The maximum absolute atomic E-state index is 12.8. The SMILES string of the molecule is Fc1c(C(F)F)ncc(Br)c1Cl. The lowest BCUT2D eigenvalue weighted by Gasteiger charge is -2.02. The minimum absolute atomic E-state index is 0.158. The summed E-state index contributed by atoms with van der Waals surface area (Å²) in [7, 11) is 0. The maximum atomic E-state index is 12.8. The Hall–Kier alpha value is -0.290. The third-order valence-corrected chi connectivity index (χ3v) is 2.35. The van der Waals surface area contributed by atoms with Crippen molar-refractivity contribution in [3.8, 4) is 0 Å². The number of rotatable bonds is 1. The summed E-state index contributed by atoms with van der Waals surface area (Å²) >= 11 is 8.18. The Labute approximate surface area is 79.7 Å². The zero-order valence-corrected chi connectivity index (χ0v) is 7.83. The van der Waals surface area contributed by atoms with Gasteiger partial charge in [0.1, 0.15) is 5.69 Å². The van der Waals surface area contributed by atoms with E-state index in [9.17, 15) is 13.2 Å². The predicted octanol–water partition coefficient (Wildman–Crippen LogP) is 3.57. The van der Waals surface area contributed by atoms with Crippen molar-refractivity contribution in [1.82, 2.24) is 4.98 Å². The van der Waals surface area contributed by atoms with Crippen molar-refractivity contribution in [1.29, 1.82) is 0 Å². The molecule has 0 aromatic carbocycles. The lowest BCUT2D eigenvalue weighted by atomic mass is 10.3. The highest BCUT2D eigenvalue weighted by atomic mass is 79.9. The minimum Gasteiger partial charge on any atom is -0.251 e. The van der Waals surface area contributed by atoms with Gasteiger partial charge < -0.3 is 0 Å². The monoisotopic (exact) mass is 259 g/mol. The smallest absolute Gasteiger partial charge is 0.251 e. The highest BCUT2D eigenvalue weighted by molar-refractivity contribution is 9.10. The summed E-state index contributed by atoms with van der Waals surface area (Å²) in [6, 6.07) is 0. The van der Waals surface area contributed by atoms with E-state index in [0.29, 0.717) is 0 Å². The van der Waals surface area contributed by atoms with Crippen LogP contribution in [0.3, 0.4) is 0 Å². The second-order valence-corrected chi connectivity index (χ2v) is 3.15. The first-order valence-electron chi connectivity index (χ1n) is 2.81. The van der Waals surface area contributed by atoms with E-state index in [2.05, 4.69) is 20.9 Å². The summed E-state index contributed by atoms with van der Waals surface area (Å²) in [5.41, 5.74) is -0.928. The van der Waals surface area contributed by atoms with Crippen LogP contribution >= 0.6 is 27.5 Å². The number of pyridine rings is 1. The lowest BCUT2D eigenvalue weighted by Crippen LogP contribution is -1.96. The molecular weight excluding hydrogens is 258 g/mol. The Morgan fingerprint density at radius 1 is 1.50 bits per heavy atom. The fraction of sp³-hybridized carbons (Fsp3) is 0.167. The van der Waals surface area contributed by atoms with Gasteiger partial charge in [-0.2, -0.15) is 0 Å². The molecule has 6 heteroatoms. The molecular formula is C6H2BrClF3N. The van der Waals surface area contributed by atoms with Gasteiger partial charge in [-0.1, -0.05) is 11.6 Å². The zero-order valence-electron chi connectivity index (χ0n) is 5.49. The van der Waals surface area contributed by atoms with Crippen molar-refractivity contribution in [2.75, 3.05) is 0 Å². The van der Waals surface area contributed by atoms with Crippen LogP contribution in [0.1, 0.15) is 12.1 Å². The molecule has 0 aliphatic heterocycles. The van der Waals surface area contributed by atoms with Crippen LogP contribution in [-0.4, -0.2) is 4.98 Å². The van der Waals surface area contributed by atoms with Crippen LogP contribution in [0, 0.1) is 5.82 Å². The molecule has 0 bridgehead atoms. The van der Waals surface area contributed by atoms with Gasteiger partial charge in [0.05, 0.1) is 9.50 Å². The van der Waals surface area contributed by atoms with Gasteiger partial charge in [-0.25, -0.2) is 13.2 Å². The Bertz CT molecular complexity index is 305.